The molecule has 0 bridgehead atoms. The lowest BCUT2D eigenvalue weighted by Gasteiger charge is -2.08. The molecule has 94 valence electrons. The molecule has 1 aromatic carbocycles. The maximum atomic E-state index is 13.5. The largest absolute Gasteiger partial charge is 0.308 e. The molecule has 18 heavy (non-hydrogen) atoms. The summed E-state index contributed by atoms with van der Waals surface area (Å²) in [4.78, 5) is 21.6. The summed E-state index contributed by atoms with van der Waals surface area (Å²) >= 11 is 0. The Morgan fingerprint density at radius 3 is 2.72 bits per heavy atom. The highest BCUT2D eigenvalue weighted by molar-refractivity contribution is 5.81. The minimum atomic E-state index is -0.894. The molecule has 0 aliphatic rings. The number of nitro benzene ring substituents is 1. The molecule has 0 N–H and O–H groups in total. The first-order chi connectivity index (χ1) is 8.54. The van der Waals surface area contributed by atoms with Crippen LogP contribution >= 0.6 is 0 Å². The highest BCUT2D eigenvalue weighted by Gasteiger charge is 2.16. The summed E-state index contributed by atoms with van der Waals surface area (Å²) in [5.41, 5.74) is -0.472. The van der Waals surface area contributed by atoms with Crippen LogP contribution in [0, 0.1) is 15.9 Å². The lowest BCUT2D eigenvalue weighted by molar-refractivity contribution is -0.387. The molecule has 2 rings (SSSR count). The van der Waals surface area contributed by atoms with Crippen LogP contribution < -0.4 is 5.56 Å². The Bertz CT molecular complexity index is 679. The summed E-state index contributed by atoms with van der Waals surface area (Å²) in [6, 6.07) is 5.00. The van der Waals surface area contributed by atoms with Crippen LogP contribution in [0.5, 0.6) is 0 Å². The number of hydrogen-bond acceptors (Lipinski definition) is 3. The van der Waals surface area contributed by atoms with Crippen LogP contribution in [0.15, 0.2) is 29.1 Å². The van der Waals surface area contributed by atoms with E-state index in [0.717, 1.165) is 12.1 Å². The van der Waals surface area contributed by atoms with Gasteiger partial charge in [0, 0.05) is 24.1 Å². The molecule has 6 heteroatoms. The Morgan fingerprint density at radius 1 is 1.39 bits per heavy atom. The van der Waals surface area contributed by atoms with Crippen molar-refractivity contribution in [2.45, 2.75) is 19.9 Å². The minimum absolute atomic E-state index is 0.245. The zero-order valence-electron chi connectivity index (χ0n) is 9.72. The smallest absolute Gasteiger partial charge is 0.306 e. The molecule has 1 aromatic heterocycles. The van der Waals surface area contributed by atoms with Gasteiger partial charge in [-0.25, -0.2) is 0 Å². The first kappa shape index (κ1) is 12.2. The minimum Gasteiger partial charge on any atom is -0.308 e. The number of benzene rings is 1. The second-order valence-electron chi connectivity index (χ2n) is 3.94. The number of hydrogen-bond donors (Lipinski definition) is 0. The van der Waals surface area contributed by atoms with Crippen LogP contribution in [0.1, 0.15) is 13.3 Å². The normalized spacial score (nSPS) is 10.8. The molecule has 0 radical (unpaired) electrons. The number of halogens is 1. The second kappa shape index (κ2) is 4.56. The molecule has 5 nitrogen and oxygen atoms in total. The van der Waals surface area contributed by atoms with E-state index in [2.05, 4.69) is 0 Å². The molecular formula is C12H11FN2O3. The maximum absolute atomic E-state index is 13.5. The van der Waals surface area contributed by atoms with Crippen LogP contribution in [-0.2, 0) is 6.54 Å². The molecule has 0 aliphatic carbocycles. The lowest BCUT2D eigenvalue weighted by Crippen LogP contribution is -2.19. The van der Waals surface area contributed by atoms with Gasteiger partial charge in [-0.1, -0.05) is 6.92 Å². The van der Waals surface area contributed by atoms with E-state index in [1.165, 1.54) is 16.7 Å². The van der Waals surface area contributed by atoms with E-state index in [1.54, 1.807) is 0 Å². The van der Waals surface area contributed by atoms with Gasteiger partial charge in [0.25, 0.3) is 5.56 Å². The number of aryl methyl sites for hydroxylation is 1. The Labute approximate surface area is 102 Å². The topological polar surface area (TPSA) is 65.1 Å². The van der Waals surface area contributed by atoms with Crippen LogP contribution in [-0.4, -0.2) is 9.49 Å². The molecule has 0 atom stereocenters. The number of fused-ring (bicyclic) bond motifs is 1. The van der Waals surface area contributed by atoms with Gasteiger partial charge in [0.15, 0.2) is 0 Å². The van der Waals surface area contributed by atoms with E-state index in [-0.39, 0.29) is 5.56 Å². The zero-order valence-corrected chi connectivity index (χ0v) is 9.72. The van der Waals surface area contributed by atoms with Gasteiger partial charge in [0.2, 0.25) is 5.82 Å². The van der Waals surface area contributed by atoms with Gasteiger partial charge in [-0.15, -0.1) is 0 Å². The van der Waals surface area contributed by atoms with E-state index >= 15 is 0 Å². The zero-order chi connectivity index (χ0) is 13.3. The van der Waals surface area contributed by atoms with Gasteiger partial charge in [0.05, 0.1) is 10.4 Å². The molecular weight excluding hydrogens is 239 g/mol. The third-order valence-electron chi connectivity index (χ3n) is 2.70. The molecule has 2 aromatic rings. The van der Waals surface area contributed by atoms with Crippen LogP contribution in [0.2, 0.25) is 0 Å². The number of aromatic nitrogens is 1. The first-order valence-corrected chi connectivity index (χ1v) is 5.52. The van der Waals surface area contributed by atoms with E-state index < -0.39 is 16.4 Å². The number of nitro groups is 1. The molecule has 0 saturated carbocycles. The SMILES string of the molecule is CCCn1c(=O)ccc2cc(F)c([N+](=O)[O-])cc21. The monoisotopic (exact) mass is 250 g/mol. The van der Waals surface area contributed by atoms with Crippen molar-refractivity contribution >= 4 is 16.6 Å². The molecule has 1 heterocycles. The van der Waals surface area contributed by atoms with Gasteiger partial charge in [-0.3, -0.25) is 14.9 Å². The van der Waals surface area contributed by atoms with Gasteiger partial charge in [-0.2, -0.15) is 4.39 Å². The van der Waals surface area contributed by atoms with Gasteiger partial charge in [-0.05, 0) is 18.6 Å². The molecule has 0 fully saturated rings. The summed E-state index contributed by atoms with van der Waals surface area (Å²) in [5.74, 6) is -0.894. The Kier molecular flexibility index (Phi) is 3.10. The fraction of sp³-hybridized carbons (Fsp3) is 0.250. The predicted molar refractivity (Wildman–Crippen MR) is 65.1 cm³/mol. The Hall–Kier alpha value is -2.24. The summed E-state index contributed by atoms with van der Waals surface area (Å²) in [6.07, 6.45) is 0.712. The van der Waals surface area contributed by atoms with Crippen molar-refractivity contribution < 1.29 is 9.31 Å². The standard InChI is InChI=1S/C12H11FN2O3/c1-2-5-14-10-7-11(15(17)18)9(13)6-8(10)3-4-12(14)16/h3-4,6-7H,2,5H2,1H3. The average molecular weight is 250 g/mol. The Balaban J connectivity index is 2.82. The highest BCUT2D eigenvalue weighted by atomic mass is 19.1. The van der Waals surface area contributed by atoms with E-state index in [4.69, 9.17) is 0 Å². The molecule has 0 spiro atoms. The van der Waals surface area contributed by atoms with Crippen LogP contribution in [0.3, 0.4) is 0 Å². The fourth-order valence-corrected chi connectivity index (χ4v) is 1.90. The van der Waals surface area contributed by atoms with E-state index in [9.17, 15) is 19.3 Å². The summed E-state index contributed by atoms with van der Waals surface area (Å²) < 4.78 is 14.9. The van der Waals surface area contributed by atoms with E-state index in [0.29, 0.717) is 23.9 Å². The maximum Gasteiger partial charge on any atom is 0.306 e. The predicted octanol–water partition coefficient (Wildman–Crippen LogP) is 2.46. The first-order valence-electron chi connectivity index (χ1n) is 5.52. The summed E-state index contributed by atoms with van der Waals surface area (Å²) in [7, 11) is 0. The van der Waals surface area contributed by atoms with E-state index in [1.807, 2.05) is 6.92 Å². The molecule has 0 saturated heterocycles. The number of pyridine rings is 1. The van der Waals surface area contributed by atoms with Crippen LogP contribution in [0.4, 0.5) is 10.1 Å². The van der Waals surface area contributed by atoms with Gasteiger partial charge in [0.1, 0.15) is 0 Å². The van der Waals surface area contributed by atoms with Crippen molar-refractivity contribution in [1.29, 1.82) is 0 Å². The van der Waals surface area contributed by atoms with Crippen molar-refractivity contribution in [2.75, 3.05) is 0 Å². The van der Waals surface area contributed by atoms with Crippen molar-refractivity contribution in [2.24, 2.45) is 0 Å². The second-order valence-corrected chi connectivity index (χ2v) is 3.94. The third-order valence-corrected chi connectivity index (χ3v) is 2.70. The van der Waals surface area contributed by atoms with Gasteiger partial charge < -0.3 is 4.57 Å². The number of nitrogens with zero attached hydrogens (tertiary/aromatic N) is 2. The number of rotatable bonds is 3. The fourth-order valence-electron chi connectivity index (χ4n) is 1.90. The average Bonchev–Trinajstić information content (AvgIpc) is 2.32. The van der Waals surface area contributed by atoms with Crippen molar-refractivity contribution in [3.05, 3.63) is 50.6 Å². The molecule has 0 amide bonds. The highest BCUT2D eigenvalue weighted by Crippen LogP contribution is 2.23. The van der Waals surface area contributed by atoms with Gasteiger partial charge >= 0.3 is 5.69 Å². The summed E-state index contributed by atoms with van der Waals surface area (Å²) in [5, 5.41) is 11.2. The molecule has 0 unspecified atom stereocenters. The van der Waals surface area contributed by atoms with Crippen molar-refractivity contribution in [1.82, 2.24) is 4.57 Å². The lowest BCUT2D eigenvalue weighted by atomic mass is 10.2. The summed E-state index contributed by atoms with van der Waals surface area (Å²) in [6.45, 7) is 2.34. The van der Waals surface area contributed by atoms with Crippen molar-refractivity contribution in [3.63, 3.8) is 0 Å². The molecule has 0 aliphatic heterocycles. The Morgan fingerprint density at radius 2 is 2.11 bits per heavy atom. The third kappa shape index (κ3) is 1.97. The van der Waals surface area contributed by atoms with Crippen LogP contribution in [0.25, 0.3) is 10.9 Å². The van der Waals surface area contributed by atoms with Crippen molar-refractivity contribution in [3.8, 4) is 0 Å². The quantitative estimate of drug-likeness (QED) is 0.620.